The van der Waals surface area contributed by atoms with Gasteiger partial charge in [0.1, 0.15) is 0 Å². The van der Waals surface area contributed by atoms with Crippen molar-refractivity contribution < 1.29 is 87.7 Å². The van der Waals surface area contributed by atoms with Gasteiger partial charge in [-0.1, -0.05) is 0 Å². The second kappa shape index (κ2) is 37.0. The summed E-state index contributed by atoms with van der Waals surface area (Å²) in [6.45, 7) is 6.06. The van der Waals surface area contributed by atoms with Crippen LogP contribution in [0.1, 0.15) is 36.0 Å². The topological polar surface area (TPSA) is 201 Å². The van der Waals surface area contributed by atoms with Crippen LogP contribution in [0.25, 0.3) is 0 Å². The molecule has 0 unspecified atom stereocenters. The number of aliphatic carboxylic acids is 4. The summed E-state index contributed by atoms with van der Waals surface area (Å²) in [5.74, 6) is -3.33. The van der Waals surface area contributed by atoms with Crippen molar-refractivity contribution in [1.82, 2.24) is 0 Å². The van der Waals surface area contributed by atoms with Gasteiger partial charge >= 0.3 is 29.6 Å². The van der Waals surface area contributed by atoms with Gasteiger partial charge in [-0.3, -0.25) is 19.2 Å². The monoisotopic (exact) mass is 380 g/mol. The van der Waals surface area contributed by atoms with E-state index in [4.69, 9.17) is 51.1 Å². The maximum atomic E-state index is 9.00. The van der Waals surface area contributed by atoms with Gasteiger partial charge < -0.3 is 33.3 Å². The van der Waals surface area contributed by atoms with Crippen molar-refractivity contribution in [2.45, 2.75) is 40.8 Å². The molecule has 0 bridgehead atoms. The number of rotatable bonds is 0. The fourth-order valence-electron chi connectivity index (χ4n) is 0. The van der Waals surface area contributed by atoms with Gasteiger partial charge in [0.15, 0.2) is 0 Å². The number of nitrogens with two attached hydrogens (primary N) is 2. The van der Waals surface area contributed by atoms with E-state index in [1.165, 1.54) is 0 Å². The van der Waals surface area contributed by atoms with E-state index in [0.29, 0.717) is 0 Å². The average Bonchev–Trinajstić information content (AvgIpc) is 1.94. The van der Waals surface area contributed by atoms with Gasteiger partial charge in [0.05, 0.1) is 0 Å². The van der Waals surface area contributed by atoms with Crippen LogP contribution >= 0.6 is 0 Å². The molecule has 132 valence electrons. The van der Waals surface area contributed by atoms with Crippen LogP contribution in [0.15, 0.2) is 0 Å². The Morgan fingerprint density at radius 1 is 0.727 bits per heavy atom. The second-order valence-corrected chi connectivity index (χ2v) is 2.94. The molecule has 0 rings (SSSR count). The maximum absolute atomic E-state index is 9.00. The van der Waals surface area contributed by atoms with Crippen molar-refractivity contribution in [1.29, 1.82) is 0 Å². The van der Waals surface area contributed by atoms with Gasteiger partial charge in [-0.25, -0.2) is 0 Å². The minimum atomic E-state index is -0.833. The molecule has 0 aliphatic carbocycles. The molecule has 22 heavy (non-hydrogen) atoms. The zero-order valence-electron chi connectivity index (χ0n) is 14.5. The Balaban J connectivity index is -0.0000000197. The SMILES string of the molecule is CC(=O)O.CC(=O)O.CC(=O)O.CC(=O)O.CC(N)N.[Fe].[H-].[Na+]. The first-order valence-electron chi connectivity index (χ1n) is 4.95. The summed E-state index contributed by atoms with van der Waals surface area (Å²) >= 11 is 0. The maximum Gasteiger partial charge on any atom is 1.00 e. The molecule has 0 atom stereocenters. The van der Waals surface area contributed by atoms with Gasteiger partial charge in [-0.2, -0.15) is 0 Å². The van der Waals surface area contributed by atoms with Crippen LogP contribution in [0.5, 0.6) is 0 Å². The molecule has 0 radical (unpaired) electrons. The predicted octanol–water partition coefficient (Wildman–Crippen LogP) is -3.27. The third-order valence-corrected chi connectivity index (χ3v) is 0. The standard InChI is InChI=1S/C2H8N2.4C2H4O2.Fe.Na.H/c5*1-2(3)4;;;/h2H,3-4H2,1H3;4*1H3,(H,3,4);;;/q;;;;;;+1;-1. The Morgan fingerprint density at radius 3 is 0.727 bits per heavy atom. The molecule has 0 saturated carbocycles. The van der Waals surface area contributed by atoms with Gasteiger partial charge in [0.2, 0.25) is 0 Å². The van der Waals surface area contributed by atoms with Crippen molar-refractivity contribution in [2.24, 2.45) is 11.5 Å². The minimum absolute atomic E-state index is 0. The molecule has 0 spiro atoms. The Kier molecular flexibility index (Phi) is 72.2. The van der Waals surface area contributed by atoms with Crippen molar-refractivity contribution in [2.75, 3.05) is 0 Å². The van der Waals surface area contributed by atoms with Crippen molar-refractivity contribution in [3.63, 3.8) is 0 Å². The molecular weight excluding hydrogens is 355 g/mol. The van der Waals surface area contributed by atoms with Crippen LogP contribution in [0.3, 0.4) is 0 Å². The summed E-state index contributed by atoms with van der Waals surface area (Å²) in [4.78, 5) is 36.0. The number of carbonyl (C=O) groups is 4. The number of carboxylic acids is 4. The van der Waals surface area contributed by atoms with Crippen molar-refractivity contribution in [3.8, 4) is 0 Å². The summed E-state index contributed by atoms with van der Waals surface area (Å²) in [7, 11) is 0. The third kappa shape index (κ3) is 14000. The van der Waals surface area contributed by atoms with Crippen LogP contribution in [0.2, 0.25) is 0 Å². The first kappa shape index (κ1) is 42.9. The van der Waals surface area contributed by atoms with Crippen LogP contribution in [0, 0.1) is 0 Å². The number of hydrogen-bond acceptors (Lipinski definition) is 6. The van der Waals surface area contributed by atoms with E-state index in [0.717, 1.165) is 27.7 Å². The molecule has 8 N–H and O–H groups in total. The Bertz CT molecular complexity index is 217. The van der Waals surface area contributed by atoms with E-state index < -0.39 is 23.9 Å². The first-order valence-corrected chi connectivity index (χ1v) is 4.95. The fourth-order valence-corrected chi connectivity index (χ4v) is 0. The van der Waals surface area contributed by atoms with Crippen LogP contribution in [-0.4, -0.2) is 50.5 Å². The average molecular weight is 380 g/mol. The summed E-state index contributed by atoms with van der Waals surface area (Å²) in [6.07, 6.45) is -0.167. The molecule has 10 nitrogen and oxygen atoms in total. The van der Waals surface area contributed by atoms with Crippen LogP contribution < -0.4 is 41.0 Å². The smallest absolute Gasteiger partial charge is 1.00 e. The van der Waals surface area contributed by atoms with Crippen molar-refractivity contribution in [3.05, 3.63) is 0 Å². The predicted molar refractivity (Wildman–Crippen MR) is 72.2 cm³/mol. The zero-order chi connectivity index (χ0) is 17.9. The normalized spacial score (nSPS) is 6.18. The van der Waals surface area contributed by atoms with Crippen molar-refractivity contribution >= 4 is 23.9 Å². The van der Waals surface area contributed by atoms with E-state index in [1.807, 2.05) is 0 Å². The summed E-state index contributed by atoms with van der Waals surface area (Å²) in [5, 5.41) is 29.7. The third-order valence-electron chi connectivity index (χ3n) is 0. The molecule has 0 amide bonds. The minimum Gasteiger partial charge on any atom is -1.00 e. The second-order valence-electron chi connectivity index (χ2n) is 2.94. The van der Waals surface area contributed by atoms with Gasteiger partial charge in [-0.05, 0) is 6.92 Å². The molecule has 0 aromatic carbocycles. The van der Waals surface area contributed by atoms with Gasteiger partial charge in [0, 0.05) is 50.9 Å². The molecule has 0 aromatic rings. The van der Waals surface area contributed by atoms with E-state index >= 15 is 0 Å². The summed E-state index contributed by atoms with van der Waals surface area (Å²) in [5.41, 5.74) is 9.78. The van der Waals surface area contributed by atoms with Gasteiger partial charge in [-0.15, -0.1) is 0 Å². The van der Waals surface area contributed by atoms with E-state index in [9.17, 15) is 0 Å². The molecule has 0 aliphatic heterocycles. The summed E-state index contributed by atoms with van der Waals surface area (Å²) in [6, 6.07) is 0. The Hall–Kier alpha value is -0.681. The molecular formula is C10H25FeN2NaO8. The first-order chi connectivity index (χ1) is 8.66. The van der Waals surface area contributed by atoms with Crippen LogP contribution in [-0.2, 0) is 36.2 Å². The quantitative estimate of drug-likeness (QED) is 0.183. The summed E-state index contributed by atoms with van der Waals surface area (Å²) < 4.78 is 0. The van der Waals surface area contributed by atoms with E-state index in [-0.39, 0.29) is 54.2 Å². The molecule has 0 aliphatic rings. The van der Waals surface area contributed by atoms with Crippen LogP contribution in [0.4, 0.5) is 0 Å². The zero-order valence-corrected chi connectivity index (χ0v) is 16.6. The number of carboxylic acid groups (broad SMARTS) is 4. The molecule has 0 saturated heterocycles. The molecule has 12 heteroatoms. The molecule has 0 heterocycles. The van der Waals surface area contributed by atoms with E-state index in [2.05, 4.69) is 0 Å². The Morgan fingerprint density at radius 2 is 0.727 bits per heavy atom. The van der Waals surface area contributed by atoms with Gasteiger partial charge in [0.25, 0.3) is 23.9 Å². The Labute approximate surface area is 163 Å². The fraction of sp³-hybridized carbons (Fsp3) is 0.600. The largest absolute Gasteiger partial charge is 1.00 e. The molecule has 0 aromatic heterocycles. The van der Waals surface area contributed by atoms with E-state index in [1.54, 1.807) is 6.92 Å². The number of hydrogen-bond donors (Lipinski definition) is 6. The molecule has 0 fully saturated rings.